The van der Waals surface area contributed by atoms with E-state index in [1.54, 1.807) is 18.1 Å². The second kappa shape index (κ2) is 10.6. The van der Waals surface area contributed by atoms with Gasteiger partial charge in [0.15, 0.2) is 0 Å². The molecule has 0 aliphatic carbocycles. The molecule has 4 rings (SSSR count). The number of aromatic nitrogens is 2. The van der Waals surface area contributed by atoms with E-state index in [2.05, 4.69) is 10.1 Å². The second-order valence-electron chi connectivity index (χ2n) is 7.88. The van der Waals surface area contributed by atoms with Crippen LogP contribution in [0.3, 0.4) is 0 Å². The minimum absolute atomic E-state index is 0.135. The topological polar surface area (TPSA) is 112 Å². The Labute approximate surface area is 202 Å². The van der Waals surface area contributed by atoms with Crippen LogP contribution in [-0.2, 0) is 6.42 Å². The molecule has 0 bridgehead atoms. The van der Waals surface area contributed by atoms with Crippen LogP contribution < -0.4 is 4.74 Å². The second-order valence-corrected chi connectivity index (χ2v) is 7.88. The van der Waals surface area contributed by atoms with Gasteiger partial charge in [0.1, 0.15) is 5.75 Å². The van der Waals surface area contributed by atoms with Crippen LogP contribution in [-0.4, -0.2) is 39.5 Å². The first-order chi connectivity index (χ1) is 17.0. The Balaban J connectivity index is 1.56. The third-order valence-electron chi connectivity index (χ3n) is 5.70. The first-order valence-corrected chi connectivity index (χ1v) is 11.0. The van der Waals surface area contributed by atoms with E-state index in [9.17, 15) is 14.9 Å². The molecule has 9 heteroatoms. The summed E-state index contributed by atoms with van der Waals surface area (Å²) in [4.78, 5) is 30.3. The van der Waals surface area contributed by atoms with Gasteiger partial charge in [0.25, 0.3) is 11.6 Å². The molecule has 0 fully saturated rings. The maximum absolute atomic E-state index is 13.5. The molecule has 178 valence electrons. The van der Waals surface area contributed by atoms with Gasteiger partial charge in [0.2, 0.25) is 11.7 Å². The number of ether oxygens (including phenoxy) is 1. The minimum atomic E-state index is -0.513. The smallest absolute Gasteiger partial charge is 0.270 e. The van der Waals surface area contributed by atoms with Crippen molar-refractivity contribution in [2.24, 2.45) is 0 Å². The molecule has 1 atom stereocenters. The Morgan fingerprint density at radius 1 is 1.09 bits per heavy atom. The first kappa shape index (κ1) is 23.6. The van der Waals surface area contributed by atoms with E-state index in [1.807, 2.05) is 61.5 Å². The Morgan fingerprint density at radius 3 is 2.51 bits per heavy atom. The van der Waals surface area contributed by atoms with Gasteiger partial charge in [-0.3, -0.25) is 14.9 Å². The molecule has 0 aliphatic heterocycles. The van der Waals surface area contributed by atoms with E-state index in [4.69, 9.17) is 9.26 Å². The maximum atomic E-state index is 13.5. The number of amides is 1. The summed E-state index contributed by atoms with van der Waals surface area (Å²) in [6, 6.07) is 22.3. The van der Waals surface area contributed by atoms with E-state index >= 15 is 0 Å². The third kappa shape index (κ3) is 5.52. The zero-order valence-corrected chi connectivity index (χ0v) is 19.3. The summed E-state index contributed by atoms with van der Waals surface area (Å²) in [5, 5.41) is 15.3. The Kier molecular flexibility index (Phi) is 7.15. The molecule has 1 aromatic heterocycles. The number of nitrogens with zero attached hydrogens (tertiary/aromatic N) is 4. The maximum Gasteiger partial charge on any atom is 0.270 e. The van der Waals surface area contributed by atoms with Crippen molar-refractivity contribution in [2.75, 3.05) is 13.7 Å². The summed E-state index contributed by atoms with van der Waals surface area (Å²) in [5.74, 6) is 1.23. The predicted octanol–water partition coefficient (Wildman–Crippen LogP) is 5.10. The van der Waals surface area contributed by atoms with Crippen LogP contribution in [0.15, 0.2) is 83.4 Å². The molecule has 0 unspecified atom stereocenters. The molecule has 1 amide bonds. The number of benzene rings is 3. The number of hydrogen-bond donors (Lipinski definition) is 0. The molecule has 1 heterocycles. The fourth-order valence-corrected chi connectivity index (χ4v) is 3.73. The molecule has 0 aliphatic rings. The van der Waals surface area contributed by atoms with Crippen molar-refractivity contribution in [3.05, 3.63) is 106 Å². The Bertz CT molecular complexity index is 1300. The number of carbonyl (C=O) groups is 1. The standard InChI is InChI=1S/C26H24N4O5/c1-18(19-7-4-3-5-8-19)29(26(31)21-9-6-10-22(17-21)30(32)33)16-15-24-27-25(28-35-24)20-11-13-23(34-2)14-12-20/h3-14,17-18H,15-16H2,1-2H3/t18-/m1/s1. The lowest BCUT2D eigenvalue weighted by Crippen LogP contribution is -2.35. The highest BCUT2D eigenvalue weighted by molar-refractivity contribution is 5.95. The molecule has 0 saturated heterocycles. The zero-order valence-electron chi connectivity index (χ0n) is 19.3. The summed E-state index contributed by atoms with van der Waals surface area (Å²) in [5.41, 5.74) is 1.83. The van der Waals surface area contributed by atoms with Gasteiger partial charge >= 0.3 is 0 Å². The fourth-order valence-electron chi connectivity index (χ4n) is 3.73. The quantitative estimate of drug-likeness (QED) is 0.246. The van der Waals surface area contributed by atoms with Gasteiger partial charge < -0.3 is 14.2 Å². The lowest BCUT2D eigenvalue weighted by Gasteiger charge is -2.29. The lowest BCUT2D eigenvalue weighted by molar-refractivity contribution is -0.384. The molecule has 4 aromatic rings. The van der Waals surface area contributed by atoms with Gasteiger partial charge in [-0.1, -0.05) is 41.6 Å². The summed E-state index contributed by atoms with van der Waals surface area (Å²) in [6.45, 7) is 2.20. The van der Waals surface area contributed by atoms with Crippen LogP contribution in [0.4, 0.5) is 5.69 Å². The fraction of sp³-hybridized carbons (Fsp3) is 0.192. The monoisotopic (exact) mass is 472 g/mol. The van der Waals surface area contributed by atoms with Crippen molar-refractivity contribution in [1.82, 2.24) is 15.0 Å². The van der Waals surface area contributed by atoms with Crippen LogP contribution in [0.25, 0.3) is 11.4 Å². The number of non-ortho nitro benzene ring substituents is 1. The van der Waals surface area contributed by atoms with Crippen LogP contribution in [0.2, 0.25) is 0 Å². The van der Waals surface area contributed by atoms with Crippen LogP contribution in [0.5, 0.6) is 5.75 Å². The first-order valence-electron chi connectivity index (χ1n) is 11.0. The van der Waals surface area contributed by atoms with Crippen molar-refractivity contribution in [3.8, 4) is 17.1 Å². The van der Waals surface area contributed by atoms with Crippen LogP contribution in [0.1, 0.15) is 34.8 Å². The number of methoxy groups -OCH3 is 1. The van der Waals surface area contributed by atoms with Crippen LogP contribution in [0, 0.1) is 10.1 Å². The molecule has 35 heavy (non-hydrogen) atoms. The molecular weight excluding hydrogens is 448 g/mol. The largest absolute Gasteiger partial charge is 0.497 e. The van der Waals surface area contributed by atoms with Crippen molar-refractivity contribution in [1.29, 1.82) is 0 Å². The summed E-state index contributed by atoms with van der Waals surface area (Å²) in [6.07, 6.45) is 0.320. The molecule has 0 N–H and O–H groups in total. The van der Waals surface area contributed by atoms with Gasteiger partial charge in [-0.15, -0.1) is 0 Å². The van der Waals surface area contributed by atoms with E-state index in [1.165, 1.54) is 18.2 Å². The summed E-state index contributed by atoms with van der Waals surface area (Å²) < 4.78 is 10.6. The van der Waals surface area contributed by atoms with Gasteiger partial charge in [0.05, 0.1) is 18.1 Å². The number of carbonyl (C=O) groups excluding carboxylic acids is 1. The summed E-state index contributed by atoms with van der Waals surface area (Å²) >= 11 is 0. The van der Waals surface area contributed by atoms with Gasteiger partial charge in [0, 0.05) is 36.2 Å². The van der Waals surface area contributed by atoms with Crippen molar-refractivity contribution in [2.45, 2.75) is 19.4 Å². The highest BCUT2D eigenvalue weighted by Crippen LogP contribution is 2.25. The van der Waals surface area contributed by atoms with Crippen molar-refractivity contribution in [3.63, 3.8) is 0 Å². The highest BCUT2D eigenvalue weighted by Gasteiger charge is 2.25. The number of nitro groups is 1. The number of nitro benzene ring substituents is 1. The average Bonchev–Trinajstić information content (AvgIpc) is 3.38. The van der Waals surface area contributed by atoms with E-state index in [0.717, 1.165) is 16.9 Å². The van der Waals surface area contributed by atoms with Gasteiger partial charge in [-0.25, -0.2) is 0 Å². The van der Waals surface area contributed by atoms with E-state index in [-0.39, 0.29) is 29.7 Å². The summed E-state index contributed by atoms with van der Waals surface area (Å²) in [7, 11) is 1.60. The van der Waals surface area contributed by atoms with Gasteiger partial charge in [-0.2, -0.15) is 4.98 Å². The zero-order chi connectivity index (χ0) is 24.8. The van der Waals surface area contributed by atoms with Crippen molar-refractivity contribution < 1.29 is 19.0 Å². The molecular formula is C26H24N4O5. The third-order valence-corrected chi connectivity index (χ3v) is 5.70. The molecule has 0 radical (unpaired) electrons. The van der Waals surface area contributed by atoms with Gasteiger partial charge in [-0.05, 0) is 42.8 Å². The Hall–Kier alpha value is -4.53. The van der Waals surface area contributed by atoms with Crippen molar-refractivity contribution >= 4 is 11.6 Å². The van der Waals surface area contributed by atoms with E-state index < -0.39 is 4.92 Å². The number of hydrogen-bond acceptors (Lipinski definition) is 7. The van der Waals surface area contributed by atoms with Crippen LogP contribution >= 0.6 is 0 Å². The molecule has 0 spiro atoms. The minimum Gasteiger partial charge on any atom is -0.497 e. The predicted molar refractivity (Wildman–Crippen MR) is 129 cm³/mol. The molecule has 0 saturated carbocycles. The normalized spacial score (nSPS) is 11.6. The lowest BCUT2D eigenvalue weighted by atomic mass is 10.0. The highest BCUT2D eigenvalue weighted by atomic mass is 16.6. The average molecular weight is 473 g/mol. The Morgan fingerprint density at radius 2 is 1.83 bits per heavy atom. The number of rotatable bonds is 9. The molecule has 9 nitrogen and oxygen atoms in total. The van der Waals surface area contributed by atoms with E-state index in [0.29, 0.717) is 18.1 Å². The molecule has 3 aromatic carbocycles. The SMILES string of the molecule is COc1ccc(-c2noc(CCN(C(=O)c3cccc([N+](=O)[O-])c3)[C@H](C)c3ccccc3)n2)cc1.